The minimum atomic E-state index is -0.359. The monoisotopic (exact) mass is 474 g/mol. The number of hydrogen-bond acceptors (Lipinski definition) is 6. The first-order valence-corrected chi connectivity index (χ1v) is 12.9. The van der Waals surface area contributed by atoms with Crippen LogP contribution in [-0.4, -0.2) is 33.9 Å². The molecule has 1 heterocycles. The van der Waals surface area contributed by atoms with E-state index in [-0.39, 0.29) is 17.7 Å². The lowest BCUT2D eigenvalue weighted by Crippen LogP contribution is -2.60. The Labute approximate surface area is 205 Å². The molecule has 5 aliphatic carbocycles. The highest BCUT2D eigenvalue weighted by molar-refractivity contribution is 5.84. The Morgan fingerprint density at radius 3 is 2.63 bits per heavy atom. The maximum absolute atomic E-state index is 13.2. The molecule has 0 aliphatic heterocycles. The van der Waals surface area contributed by atoms with Gasteiger partial charge in [-0.1, -0.05) is 12.1 Å². The van der Waals surface area contributed by atoms with E-state index in [2.05, 4.69) is 20.9 Å². The molecule has 4 bridgehead atoms. The summed E-state index contributed by atoms with van der Waals surface area (Å²) >= 11 is 0. The molecule has 5 aliphatic rings. The van der Waals surface area contributed by atoms with E-state index in [1.54, 1.807) is 0 Å². The van der Waals surface area contributed by atoms with E-state index in [0.29, 0.717) is 41.7 Å². The van der Waals surface area contributed by atoms with E-state index in [9.17, 15) is 9.59 Å². The van der Waals surface area contributed by atoms with Crippen LogP contribution in [-0.2, 0) is 16.0 Å². The standard InChI is InChI=1S/C27H34N6O2/c1-15-14-29-26(31-21-4-2-3-16(9-21)10-22(28)34)33-24(15)32-23-18-7-17-8-19(23)13-27(11-17,12-18)25(35)30-20-5-6-20/h2-4,9,14,17-20,23H,5-8,10-13H2,1H3,(H2,28,34)(H,30,35)(H2,29,31,32,33). The molecule has 5 fully saturated rings. The highest BCUT2D eigenvalue weighted by Crippen LogP contribution is 2.60. The molecule has 8 heteroatoms. The Hall–Kier alpha value is -3.16. The number of benzene rings is 1. The summed E-state index contributed by atoms with van der Waals surface area (Å²) in [5.74, 6) is 3.00. The van der Waals surface area contributed by atoms with Crippen LogP contribution in [0.15, 0.2) is 30.5 Å². The van der Waals surface area contributed by atoms with Crippen molar-refractivity contribution in [2.45, 2.75) is 70.4 Å². The molecule has 7 rings (SSSR count). The Kier molecular flexibility index (Phi) is 5.42. The van der Waals surface area contributed by atoms with Gasteiger partial charge in [-0.3, -0.25) is 9.59 Å². The molecular weight excluding hydrogens is 440 g/mol. The van der Waals surface area contributed by atoms with Crippen LogP contribution in [0.5, 0.6) is 0 Å². The second-order valence-corrected chi connectivity index (χ2v) is 11.4. The third kappa shape index (κ3) is 4.46. The highest BCUT2D eigenvalue weighted by Gasteiger charge is 2.58. The summed E-state index contributed by atoms with van der Waals surface area (Å²) in [5, 5.41) is 10.4. The minimum Gasteiger partial charge on any atom is -0.369 e. The smallest absolute Gasteiger partial charge is 0.229 e. The van der Waals surface area contributed by atoms with Gasteiger partial charge < -0.3 is 21.7 Å². The number of anilines is 3. The fraction of sp³-hybridized carbons (Fsp3) is 0.556. The Bertz CT molecular complexity index is 1150. The van der Waals surface area contributed by atoms with E-state index in [1.165, 1.54) is 12.8 Å². The van der Waals surface area contributed by atoms with Crippen LogP contribution in [0.1, 0.15) is 56.1 Å². The molecule has 0 radical (unpaired) electrons. The van der Waals surface area contributed by atoms with Crippen LogP contribution >= 0.6 is 0 Å². The van der Waals surface area contributed by atoms with Crippen molar-refractivity contribution in [2.24, 2.45) is 28.9 Å². The molecule has 1 aromatic heterocycles. The third-order valence-electron chi connectivity index (χ3n) is 8.50. The molecular formula is C27H34N6O2. The van der Waals surface area contributed by atoms with E-state index in [1.807, 2.05) is 37.4 Å². The first kappa shape index (κ1) is 22.3. The molecule has 1 aromatic carbocycles. The molecule has 2 amide bonds. The molecule has 8 nitrogen and oxygen atoms in total. The predicted octanol–water partition coefficient (Wildman–Crippen LogP) is 3.44. The normalized spacial score (nSPS) is 30.7. The summed E-state index contributed by atoms with van der Waals surface area (Å²) < 4.78 is 0. The van der Waals surface area contributed by atoms with Crippen molar-refractivity contribution in [2.75, 3.05) is 10.6 Å². The van der Waals surface area contributed by atoms with Crippen LogP contribution < -0.4 is 21.7 Å². The van der Waals surface area contributed by atoms with Gasteiger partial charge in [-0.05, 0) is 87.3 Å². The second kappa shape index (κ2) is 8.50. The number of aromatic nitrogens is 2. The number of hydrogen-bond donors (Lipinski definition) is 4. The number of aryl methyl sites for hydroxylation is 1. The average molecular weight is 475 g/mol. The van der Waals surface area contributed by atoms with Gasteiger partial charge in [0.15, 0.2) is 0 Å². The van der Waals surface area contributed by atoms with E-state index < -0.39 is 0 Å². The van der Waals surface area contributed by atoms with Crippen molar-refractivity contribution >= 4 is 29.3 Å². The zero-order valence-electron chi connectivity index (χ0n) is 20.2. The number of nitrogens with one attached hydrogen (secondary N) is 3. The topological polar surface area (TPSA) is 122 Å². The molecule has 0 spiro atoms. The van der Waals surface area contributed by atoms with Gasteiger partial charge in [0.25, 0.3) is 0 Å². The van der Waals surface area contributed by atoms with Crippen LogP contribution in [0.4, 0.5) is 17.5 Å². The number of rotatable bonds is 8. The van der Waals surface area contributed by atoms with Crippen molar-refractivity contribution in [1.29, 1.82) is 0 Å². The van der Waals surface area contributed by atoms with Crippen molar-refractivity contribution in [3.8, 4) is 0 Å². The van der Waals surface area contributed by atoms with Gasteiger partial charge >= 0.3 is 0 Å². The lowest BCUT2D eigenvalue weighted by molar-refractivity contribution is -0.147. The number of nitrogens with zero attached hydrogens (tertiary/aromatic N) is 2. The van der Waals surface area contributed by atoms with Crippen molar-refractivity contribution < 1.29 is 9.59 Å². The van der Waals surface area contributed by atoms with Crippen LogP contribution in [0.2, 0.25) is 0 Å². The summed E-state index contributed by atoms with van der Waals surface area (Å²) in [6, 6.07) is 8.35. The molecule has 5 N–H and O–H groups in total. The second-order valence-electron chi connectivity index (χ2n) is 11.4. The summed E-state index contributed by atoms with van der Waals surface area (Å²) in [4.78, 5) is 33.7. The van der Waals surface area contributed by atoms with Gasteiger partial charge in [0.2, 0.25) is 17.8 Å². The number of nitrogens with two attached hydrogens (primary N) is 1. The van der Waals surface area contributed by atoms with Gasteiger partial charge in [0.05, 0.1) is 11.8 Å². The lowest BCUT2D eigenvalue weighted by Gasteiger charge is -2.59. The number of carbonyl (C=O) groups excluding carboxylic acids is 2. The summed E-state index contributed by atoms with van der Waals surface area (Å²) in [7, 11) is 0. The van der Waals surface area contributed by atoms with Gasteiger partial charge in [0, 0.05) is 29.5 Å². The quantitative estimate of drug-likeness (QED) is 0.465. The first-order chi connectivity index (χ1) is 16.9. The molecule has 2 unspecified atom stereocenters. The third-order valence-corrected chi connectivity index (χ3v) is 8.50. The molecule has 35 heavy (non-hydrogen) atoms. The Balaban J connectivity index is 1.17. The fourth-order valence-corrected chi connectivity index (χ4v) is 7.00. The van der Waals surface area contributed by atoms with Gasteiger partial charge in [0.1, 0.15) is 5.82 Å². The molecule has 184 valence electrons. The maximum Gasteiger partial charge on any atom is 0.229 e. The molecule has 2 atom stereocenters. The van der Waals surface area contributed by atoms with Gasteiger partial charge in [-0.2, -0.15) is 4.98 Å². The molecule has 2 aromatic rings. The summed E-state index contributed by atoms with van der Waals surface area (Å²) in [6.45, 7) is 2.03. The number of primary amides is 1. The number of amides is 2. The molecule has 5 saturated carbocycles. The van der Waals surface area contributed by atoms with Gasteiger partial charge in [-0.25, -0.2) is 4.98 Å². The fourth-order valence-electron chi connectivity index (χ4n) is 7.00. The minimum absolute atomic E-state index is 0.152. The van der Waals surface area contributed by atoms with Crippen molar-refractivity contribution in [3.05, 3.63) is 41.6 Å². The summed E-state index contributed by atoms with van der Waals surface area (Å²) in [5.41, 5.74) is 7.86. The van der Waals surface area contributed by atoms with E-state index in [4.69, 9.17) is 10.7 Å². The predicted molar refractivity (Wildman–Crippen MR) is 134 cm³/mol. The molecule has 0 saturated heterocycles. The van der Waals surface area contributed by atoms with Gasteiger partial charge in [-0.15, -0.1) is 0 Å². The Morgan fingerprint density at radius 1 is 1.14 bits per heavy atom. The van der Waals surface area contributed by atoms with Crippen molar-refractivity contribution in [1.82, 2.24) is 15.3 Å². The van der Waals surface area contributed by atoms with Crippen molar-refractivity contribution in [3.63, 3.8) is 0 Å². The highest BCUT2D eigenvalue weighted by atomic mass is 16.2. The van der Waals surface area contributed by atoms with Crippen LogP contribution in [0, 0.1) is 30.1 Å². The van der Waals surface area contributed by atoms with E-state index >= 15 is 0 Å². The van der Waals surface area contributed by atoms with E-state index in [0.717, 1.165) is 54.7 Å². The SMILES string of the molecule is Cc1cnc(Nc2cccc(CC(N)=O)c2)nc1NC1C2CC3CC1CC(C(=O)NC1CC1)(C3)C2. The zero-order valence-corrected chi connectivity index (χ0v) is 20.2. The first-order valence-electron chi connectivity index (χ1n) is 12.9. The zero-order chi connectivity index (χ0) is 24.2. The largest absolute Gasteiger partial charge is 0.369 e. The average Bonchev–Trinajstić information content (AvgIpc) is 3.62. The van der Waals surface area contributed by atoms with Crippen LogP contribution in [0.25, 0.3) is 0 Å². The number of carbonyl (C=O) groups is 2. The lowest BCUT2D eigenvalue weighted by atomic mass is 9.47. The summed E-state index contributed by atoms with van der Waals surface area (Å²) in [6.07, 6.45) is 9.76. The Morgan fingerprint density at radius 2 is 1.91 bits per heavy atom. The maximum atomic E-state index is 13.2. The van der Waals surface area contributed by atoms with Crippen LogP contribution in [0.3, 0.4) is 0 Å².